The maximum absolute atomic E-state index is 11.6. The summed E-state index contributed by atoms with van der Waals surface area (Å²) in [6.45, 7) is 2.17. The molecule has 1 aromatic heterocycles. The number of halogens is 1. The van der Waals surface area contributed by atoms with Crippen molar-refractivity contribution >= 4 is 39.1 Å². The Morgan fingerprint density at radius 3 is 2.76 bits per heavy atom. The fraction of sp³-hybridized carbons (Fsp3) is 0.455. The minimum absolute atomic E-state index is 0.108. The minimum Gasteiger partial charge on any atom is -0.481 e. The van der Waals surface area contributed by atoms with Crippen LogP contribution in [0.15, 0.2) is 15.9 Å². The molecule has 0 aliphatic heterocycles. The van der Waals surface area contributed by atoms with E-state index in [1.165, 1.54) is 11.3 Å². The summed E-state index contributed by atoms with van der Waals surface area (Å²) in [6.07, 6.45) is 1.25. The third kappa shape index (κ3) is 4.87. The van der Waals surface area contributed by atoms with E-state index in [1.54, 1.807) is 13.0 Å². The molecule has 4 nitrogen and oxygen atoms in total. The van der Waals surface area contributed by atoms with Crippen LogP contribution in [0.5, 0.6) is 0 Å². The maximum atomic E-state index is 11.6. The van der Waals surface area contributed by atoms with Crippen LogP contribution >= 0.6 is 27.3 Å². The van der Waals surface area contributed by atoms with Crippen molar-refractivity contribution in [3.8, 4) is 0 Å². The average molecular weight is 320 g/mol. The number of carboxylic acids is 1. The second kappa shape index (κ2) is 6.76. The van der Waals surface area contributed by atoms with E-state index in [-0.39, 0.29) is 11.8 Å². The molecule has 0 saturated carbocycles. The van der Waals surface area contributed by atoms with Gasteiger partial charge in [-0.25, -0.2) is 0 Å². The Labute approximate surface area is 112 Å². The number of aliphatic carboxylic acids is 1. The van der Waals surface area contributed by atoms with Crippen LogP contribution in [0, 0.1) is 5.92 Å². The predicted octanol–water partition coefficient (Wildman–Crippen LogP) is 2.74. The number of rotatable bonds is 6. The van der Waals surface area contributed by atoms with Gasteiger partial charge in [-0.1, -0.05) is 6.92 Å². The number of carbonyl (C=O) groups excluding carboxylic acids is 1. The molecule has 0 bridgehead atoms. The zero-order valence-corrected chi connectivity index (χ0v) is 11.8. The van der Waals surface area contributed by atoms with Gasteiger partial charge in [0.1, 0.15) is 0 Å². The Morgan fingerprint density at radius 1 is 1.53 bits per heavy atom. The zero-order chi connectivity index (χ0) is 12.8. The molecular formula is C11H14BrNO3S. The van der Waals surface area contributed by atoms with Crippen LogP contribution in [0.4, 0.5) is 0 Å². The van der Waals surface area contributed by atoms with E-state index in [0.29, 0.717) is 24.3 Å². The van der Waals surface area contributed by atoms with Crippen LogP contribution in [0.25, 0.3) is 0 Å². The summed E-state index contributed by atoms with van der Waals surface area (Å²) in [4.78, 5) is 22.8. The second-order valence-corrected chi connectivity index (χ2v) is 6.20. The molecule has 0 fully saturated rings. The van der Waals surface area contributed by atoms with Crippen molar-refractivity contribution in [3.05, 3.63) is 20.8 Å². The van der Waals surface area contributed by atoms with Gasteiger partial charge in [-0.3, -0.25) is 9.59 Å². The maximum Gasteiger partial charge on any atom is 0.306 e. The fourth-order valence-corrected chi connectivity index (χ4v) is 2.56. The van der Waals surface area contributed by atoms with E-state index in [1.807, 2.05) is 6.07 Å². The van der Waals surface area contributed by atoms with Crippen molar-refractivity contribution in [2.24, 2.45) is 5.92 Å². The molecule has 1 amide bonds. The monoisotopic (exact) mass is 319 g/mol. The van der Waals surface area contributed by atoms with E-state index < -0.39 is 5.97 Å². The van der Waals surface area contributed by atoms with Crippen LogP contribution in [0.2, 0.25) is 0 Å². The summed E-state index contributed by atoms with van der Waals surface area (Å²) in [5.74, 6) is -1.26. The van der Waals surface area contributed by atoms with E-state index >= 15 is 0 Å². The average Bonchev–Trinajstić information content (AvgIpc) is 2.70. The van der Waals surface area contributed by atoms with Gasteiger partial charge in [-0.15, -0.1) is 11.3 Å². The number of hydrogen-bond donors (Lipinski definition) is 2. The highest BCUT2D eigenvalue weighted by Gasteiger charge is 2.11. The van der Waals surface area contributed by atoms with Crippen molar-refractivity contribution in [2.75, 3.05) is 6.54 Å². The zero-order valence-electron chi connectivity index (χ0n) is 9.40. The van der Waals surface area contributed by atoms with Gasteiger partial charge in [-0.05, 0) is 40.9 Å². The van der Waals surface area contributed by atoms with Gasteiger partial charge in [0.15, 0.2) is 0 Å². The van der Waals surface area contributed by atoms with Crippen LogP contribution in [0.1, 0.15) is 29.4 Å². The van der Waals surface area contributed by atoms with Crippen LogP contribution in [-0.2, 0) is 4.79 Å². The molecule has 2 N–H and O–H groups in total. The van der Waals surface area contributed by atoms with Gasteiger partial charge in [0.05, 0.1) is 14.6 Å². The van der Waals surface area contributed by atoms with Crippen LogP contribution in [0.3, 0.4) is 0 Å². The molecule has 1 heterocycles. The quantitative estimate of drug-likeness (QED) is 0.792. The van der Waals surface area contributed by atoms with Gasteiger partial charge >= 0.3 is 5.97 Å². The molecule has 1 rings (SSSR count). The van der Waals surface area contributed by atoms with Gasteiger partial charge in [0, 0.05) is 6.54 Å². The summed E-state index contributed by atoms with van der Waals surface area (Å²) >= 11 is 4.67. The molecule has 0 radical (unpaired) electrons. The summed E-state index contributed by atoms with van der Waals surface area (Å²) in [5.41, 5.74) is 0. The number of nitrogens with one attached hydrogen (secondary N) is 1. The first-order valence-electron chi connectivity index (χ1n) is 5.27. The summed E-state index contributed by atoms with van der Waals surface area (Å²) in [7, 11) is 0. The Kier molecular flexibility index (Phi) is 5.64. The Morgan fingerprint density at radius 2 is 2.24 bits per heavy atom. The van der Waals surface area contributed by atoms with E-state index in [4.69, 9.17) is 5.11 Å². The molecule has 17 heavy (non-hydrogen) atoms. The normalized spacial score (nSPS) is 12.1. The molecule has 94 valence electrons. The second-order valence-electron chi connectivity index (χ2n) is 3.74. The number of hydrogen-bond acceptors (Lipinski definition) is 3. The number of carboxylic acid groups (broad SMARTS) is 1. The first kappa shape index (κ1) is 14.2. The summed E-state index contributed by atoms with van der Waals surface area (Å²) in [5, 5.41) is 11.4. The lowest BCUT2D eigenvalue weighted by Gasteiger charge is -2.06. The summed E-state index contributed by atoms with van der Waals surface area (Å²) < 4.78 is 0.919. The Balaban J connectivity index is 2.23. The van der Waals surface area contributed by atoms with E-state index in [0.717, 1.165) is 3.79 Å². The lowest BCUT2D eigenvalue weighted by atomic mass is 10.1. The first-order chi connectivity index (χ1) is 8.00. The fourth-order valence-electron chi connectivity index (χ4n) is 1.26. The molecule has 1 unspecified atom stereocenters. The minimum atomic E-state index is -0.793. The largest absolute Gasteiger partial charge is 0.481 e. The lowest BCUT2D eigenvalue weighted by molar-refractivity contribution is -0.141. The molecule has 1 aromatic rings. The number of thiophene rings is 1. The SMILES string of the molecule is CC(CCCNC(=O)c1ccc(Br)s1)C(=O)O. The number of amides is 1. The van der Waals surface area contributed by atoms with Gasteiger partial charge < -0.3 is 10.4 Å². The van der Waals surface area contributed by atoms with Crippen LogP contribution < -0.4 is 5.32 Å². The highest BCUT2D eigenvalue weighted by molar-refractivity contribution is 9.11. The highest BCUT2D eigenvalue weighted by Crippen LogP contribution is 2.21. The molecule has 0 aliphatic carbocycles. The molecule has 0 aromatic carbocycles. The summed E-state index contributed by atoms with van der Waals surface area (Å²) in [6, 6.07) is 3.58. The van der Waals surface area contributed by atoms with Gasteiger partial charge in [0.25, 0.3) is 5.91 Å². The smallest absolute Gasteiger partial charge is 0.306 e. The third-order valence-electron chi connectivity index (χ3n) is 2.32. The highest BCUT2D eigenvalue weighted by atomic mass is 79.9. The molecule has 0 spiro atoms. The topological polar surface area (TPSA) is 66.4 Å². The predicted molar refractivity (Wildman–Crippen MR) is 70.4 cm³/mol. The number of carbonyl (C=O) groups is 2. The van der Waals surface area contributed by atoms with Crippen molar-refractivity contribution in [3.63, 3.8) is 0 Å². The van der Waals surface area contributed by atoms with Crippen molar-refractivity contribution < 1.29 is 14.7 Å². The van der Waals surface area contributed by atoms with Crippen molar-refractivity contribution in [2.45, 2.75) is 19.8 Å². The molecular weight excluding hydrogens is 306 g/mol. The first-order valence-corrected chi connectivity index (χ1v) is 6.88. The lowest BCUT2D eigenvalue weighted by Crippen LogP contribution is -2.24. The Bertz CT molecular complexity index is 405. The molecule has 0 saturated heterocycles. The van der Waals surface area contributed by atoms with Crippen molar-refractivity contribution in [1.82, 2.24) is 5.32 Å². The molecule has 0 aliphatic rings. The van der Waals surface area contributed by atoms with E-state index in [9.17, 15) is 9.59 Å². The van der Waals surface area contributed by atoms with Crippen molar-refractivity contribution in [1.29, 1.82) is 0 Å². The third-order valence-corrected chi connectivity index (χ3v) is 3.94. The van der Waals surface area contributed by atoms with Gasteiger partial charge in [0.2, 0.25) is 0 Å². The standard InChI is InChI=1S/C11H14BrNO3S/c1-7(11(15)16)3-2-6-13-10(14)8-4-5-9(12)17-8/h4-5,7H,2-3,6H2,1H3,(H,13,14)(H,15,16). The molecule has 6 heteroatoms. The van der Waals surface area contributed by atoms with Crippen LogP contribution in [-0.4, -0.2) is 23.5 Å². The molecule has 1 atom stereocenters. The Hall–Kier alpha value is -0.880. The van der Waals surface area contributed by atoms with E-state index in [2.05, 4.69) is 21.2 Å². The van der Waals surface area contributed by atoms with Gasteiger partial charge in [-0.2, -0.15) is 0 Å².